The first-order valence-electron chi connectivity index (χ1n) is 9.20. The third-order valence-electron chi connectivity index (χ3n) is 5.51. The maximum absolute atomic E-state index is 12.6. The summed E-state index contributed by atoms with van der Waals surface area (Å²) in [7, 11) is 0. The summed E-state index contributed by atoms with van der Waals surface area (Å²) in [6, 6.07) is 0.409. The number of aromatic nitrogens is 1. The van der Waals surface area contributed by atoms with Gasteiger partial charge in [-0.1, -0.05) is 5.16 Å². The summed E-state index contributed by atoms with van der Waals surface area (Å²) in [4.78, 5) is 19.4. The van der Waals surface area contributed by atoms with Crippen LogP contribution in [-0.4, -0.2) is 71.1 Å². The molecule has 0 radical (unpaired) electrons. The van der Waals surface area contributed by atoms with E-state index in [-0.39, 0.29) is 0 Å². The van der Waals surface area contributed by atoms with Gasteiger partial charge in [0.2, 0.25) is 5.91 Å². The smallest absolute Gasteiger partial charge is 0.236 e. The fraction of sp³-hybridized carbons (Fsp3) is 0.778. The van der Waals surface area contributed by atoms with Gasteiger partial charge in [0.25, 0.3) is 0 Å². The summed E-state index contributed by atoms with van der Waals surface area (Å²) in [5.74, 6) is 1.23. The minimum absolute atomic E-state index is 0.307. The van der Waals surface area contributed by atoms with E-state index < -0.39 is 0 Å². The molecule has 0 saturated carbocycles. The second-order valence-electron chi connectivity index (χ2n) is 7.29. The predicted molar refractivity (Wildman–Crippen MR) is 92.7 cm³/mol. The van der Waals surface area contributed by atoms with Gasteiger partial charge in [-0.2, -0.15) is 0 Å². The molecule has 1 unspecified atom stereocenters. The van der Waals surface area contributed by atoms with Gasteiger partial charge >= 0.3 is 0 Å². The summed E-state index contributed by atoms with van der Waals surface area (Å²) in [5.41, 5.74) is 2.20. The van der Waals surface area contributed by atoms with Crippen molar-refractivity contribution in [2.75, 3.05) is 39.3 Å². The third kappa shape index (κ3) is 3.98. The molecule has 134 valence electrons. The lowest BCUT2D eigenvalue weighted by molar-refractivity contribution is -0.136. The topological polar surface area (TPSA) is 52.8 Å². The molecular weight excluding hydrogens is 304 g/mol. The van der Waals surface area contributed by atoms with Gasteiger partial charge in [0.15, 0.2) is 0 Å². The Bertz CT molecular complexity index is 544. The van der Waals surface area contributed by atoms with Gasteiger partial charge in [-0.25, -0.2) is 0 Å². The Kier molecular flexibility index (Phi) is 5.56. The molecule has 2 aliphatic heterocycles. The van der Waals surface area contributed by atoms with E-state index in [0.29, 0.717) is 18.5 Å². The van der Waals surface area contributed by atoms with E-state index >= 15 is 0 Å². The van der Waals surface area contributed by atoms with Crippen LogP contribution in [0.4, 0.5) is 0 Å². The van der Waals surface area contributed by atoms with E-state index in [2.05, 4.69) is 26.8 Å². The van der Waals surface area contributed by atoms with Gasteiger partial charge in [0, 0.05) is 50.9 Å². The van der Waals surface area contributed by atoms with E-state index in [1.54, 1.807) is 0 Å². The van der Waals surface area contributed by atoms with Crippen molar-refractivity contribution in [3.05, 3.63) is 17.0 Å². The number of amides is 1. The lowest BCUT2D eigenvalue weighted by Crippen LogP contribution is -2.51. The lowest BCUT2D eigenvalue weighted by Gasteiger charge is -2.38. The number of piperidine rings is 1. The van der Waals surface area contributed by atoms with Gasteiger partial charge < -0.3 is 9.42 Å². The Morgan fingerprint density at radius 2 is 1.83 bits per heavy atom. The molecule has 1 aromatic rings. The Labute approximate surface area is 144 Å². The summed E-state index contributed by atoms with van der Waals surface area (Å²) < 4.78 is 5.25. The quantitative estimate of drug-likeness (QED) is 0.840. The van der Waals surface area contributed by atoms with Crippen molar-refractivity contribution in [1.82, 2.24) is 19.9 Å². The molecule has 0 spiro atoms. The van der Waals surface area contributed by atoms with Crippen LogP contribution < -0.4 is 0 Å². The van der Waals surface area contributed by atoms with E-state index in [9.17, 15) is 4.79 Å². The van der Waals surface area contributed by atoms with Crippen molar-refractivity contribution >= 4 is 5.91 Å². The molecule has 6 heteroatoms. The van der Waals surface area contributed by atoms with Gasteiger partial charge in [-0.05, 0) is 40.0 Å². The predicted octanol–water partition coefficient (Wildman–Crippen LogP) is 1.81. The van der Waals surface area contributed by atoms with E-state index in [1.165, 1.54) is 12.0 Å². The Balaban J connectivity index is 1.46. The molecule has 2 saturated heterocycles. The minimum Gasteiger partial charge on any atom is -0.361 e. The number of hydrogen-bond donors (Lipinski definition) is 0. The summed E-state index contributed by atoms with van der Waals surface area (Å²) >= 11 is 0. The van der Waals surface area contributed by atoms with Crippen molar-refractivity contribution in [3.8, 4) is 0 Å². The minimum atomic E-state index is 0.307. The average Bonchev–Trinajstić information content (AvgIpc) is 2.89. The maximum Gasteiger partial charge on any atom is 0.236 e. The second kappa shape index (κ2) is 7.66. The van der Waals surface area contributed by atoms with Crippen LogP contribution in [0.15, 0.2) is 4.52 Å². The third-order valence-corrected chi connectivity index (χ3v) is 5.51. The van der Waals surface area contributed by atoms with Crippen molar-refractivity contribution in [2.24, 2.45) is 0 Å². The standard InChI is InChI=1S/C18H30N4O2/c1-14-6-4-5-7-22(14)18(23)13-21-10-8-20(9-11-21)12-17-15(2)19-24-16(17)3/h14H,4-13H2,1-3H3. The molecule has 2 fully saturated rings. The van der Waals surface area contributed by atoms with Crippen LogP contribution in [0.5, 0.6) is 0 Å². The molecule has 3 rings (SSSR count). The van der Waals surface area contributed by atoms with Crippen LogP contribution in [-0.2, 0) is 11.3 Å². The zero-order valence-corrected chi connectivity index (χ0v) is 15.3. The van der Waals surface area contributed by atoms with Crippen LogP contribution in [0.25, 0.3) is 0 Å². The molecule has 0 N–H and O–H groups in total. The molecule has 0 bridgehead atoms. The Morgan fingerprint density at radius 1 is 1.12 bits per heavy atom. The molecule has 2 aliphatic rings. The first-order chi connectivity index (χ1) is 11.5. The molecule has 1 aromatic heterocycles. The zero-order valence-electron chi connectivity index (χ0n) is 15.3. The van der Waals surface area contributed by atoms with Crippen molar-refractivity contribution in [1.29, 1.82) is 0 Å². The largest absolute Gasteiger partial charge is 0.361 e. The molecule has 0 aliphatic carbocycles. The monoisotopic (exact) mass is 334 g/mol. The number of rotatable bonds is 4. The Morgan fingerprint density at radius 3 is 2.46 bits per heavy atom. The fourth-order valence-electron chi connectivity index (χ4n) is 3.81. The van der Waals surface area contributed by atoms with Crippen molar-refractivity contribution in [3.63, 3.8) is 0 Å². The summed E-state index contributed by atoms with van der Waals surface area (Å²) in [6.07, 6.45) is 3.56. The highest BCUT2D eigenvalue weighted by atomic mass is 16.5. The molecule has 0 aromatic carbocycles. The molecular formula is C18H30N4O2. The zero-order chi connectivity index (χ0) is 17.1. The van der Waals surface area contributed by atoms with Gasteiger partial charge in [-0.3, -0.25) is 14.6 Å². The van der Waals surface area contributed by atoms with E-state index in [0.717, 1.165) is 63.6 Å². The van der Waals surface area contributed by atoms with E-state index in [1.807, 2.05) is 13.8 Å². The van der Waals surface area contributed by atoms with Crippen LogP contribution >= 0.6 is 0 Å². The first kappa shape index (κ1) is 17.4. The summed E-state index contributed by atoms with van der Waals surface area (Å²) in [6.45, 7) is 12.5. The normalized spacial score (nSPS) is 23.6. The molecule has 3 heterocycles. The molecule has 24 heavy (non-hydrogen) atoms. The second-order valence-corrected chi connectivity index (χ2v) is 7.29. The van der Waals surface area contributed by atoms with Crippen molar-refractivity contribution in [2.45, 2.75) is 52.6 Å². The van der Waals surface area contributed by atoms with Crippen LogP contribution in [0.3, 0.4) is 0 Å². The fourth-order valence-corrected chi connectivity index (χ4v) is 3.81. The molecule has 1 atom stereocenters. The number of hydrogen-bond acceptors (Lipinski definition) is 5. The summed E-state index contributed by atoms with van der Waals surface area (Å²) in [5, 5.41) is 4.03. The van der Waals surface area contributed by atoms with Crippen LogP contribution in [0.1, 0.15) is 43.2 Å². The van der Waals surface area contributed by atoms with Gasteiger partial charge in [-0.15, -0.1) is 0 Å². The molecule has 1 amide bonds. The number of piperazine rings is 1. The van der Waals surface area contributed by atoms with Crippen LogP contribution in [0.2, 0.25) is 0 Å². The van der Waals surface area contributed by atoms with E-state index in [4.69, 9.17) is 4.52 Å². The maximum atomic E-state index is 12.6. The number of carbonyl (C=O) groups excluding carboxylic acids is 1. The number of carbonyl (C=O) groups is 1. The number of nitrogens with zero attached hydrogens (tertiary/aromatic N) is 4. The average molecular weight is 334 g/mol. The number of likely N-dealkylation sites (tertiary alicyclic amines) is 1. The van der Waals surface area contributed by atoms with Gasteiger partial charge in [0.05, 0.1) is 12.2 Å². The Hall–Kier alpha value is -1.40. The van der Waals surface area contributed by atoms with Crippen molar-refractivity contribution < 1.29 is 9.32 Å². The highest BCUT2D eigenvalue weighted by Crippen LogP contribution is 2.18. The molecule has 6 nitrogen and oxygen atoms in total. The SMILES string of the molecule is Cc1noc(C)c1CN1CCN(CC(=O)N2CCCCC2C)CC1. The van der Waals surface area contributed by atoms with Gasteiger partial charge in [0.1, 0.15) is 5.76 Å². The highest BCUT2D eigenvalue weighted by molar-refractivity contribution is 5.78. The number of aryl methyl sites for hydroxylation is 2. The van der Waals surface area contributed by atoms with Crippen LogP contribution in [0, 0.1) is 13.8 Å². The lowest BCUT2D eigenvalue weighted by atomic mass is 10.0. The first-order valence-corrected chi connectivity index (χ1v) is 9.20. The highest BCUT2D eigenvalue weighted by Gasteiger charge is 2.26.